The van der Waals surface area contributed by atoms with Crippen molar-refractivity contribution in [1.82, 2.24) is 4.57 Å². The van der Waals surface area contributed by atoms with Gasteiger partial charge in [-0.15, -0.1) is 0 Å². The number of aromatic nitrogens is 1. The van der Waals surface area contributed by atoms with Gasteiger partial charge in [-0.2, -0.15) is 0 Å². The van der Waals surface area contributed by atoms with E-state index in [1.54, 1.807) is 0 Å². The Labute approximate surface area is 401 Å². The zero-order valence-corrected chi connectivity index (χ0v) is 37.7. The fraction of sp³-hybridized carbons (Fsp3) is 0. The summed E-state index contributed by atoms with van der Waals surface area (Å²) in [6, 6.07) is 96.0. The van der Waals surface area contributed by atoms with Gasteiger partial charge in [-0.25, -0.2) is 0 Å². The molecule has 0 atom stereocenters. The van der Waals surface area contributed by atoms with Crippen LogP contribution in [0.2, 0.25) is 0 Å². The molecule has 11 aromatic carbocycles. The van der Waals surface area contributed by atoms with E-state index in [0.717, 1.165) is 72.5 Å². The lowest BCUT2D eigenvalue weighted by molar-refractivity contribution is 0.670. The summed E-state index contributed by atoms with van der Waals surface area (Å²) in [5.41, 5.74) is 20.3. The summed E-state index contributed by atoms with van der Waals surface area (Å²) in [7, 11) is 0. The molecule has 3 heteroatoms. The minimum Gasteiger partial charge on any atom is -0.455 e. The Kier molecular flexibility index (Phi) is 9.84. The number of hydrogen-bond acceptors (Lipinski definition) is 2. The molecule has 0 N–H and O–H groups in total. The minimum absolute atomic E-state index is 0.910. The van der Waals surface area contributed by atoms with Gasteiger partial charge in [0.15, 0.2) is 0 Å². The van der Waals surface area contributed by atoms with Crippen LogP contribution in [-0.4, -0.2) is 4.57 Å². The minimum atomic E-state index is 0.910. The fourth-order valence-corrected chi connectivity index (χ4v) is 10.3. The molecule has 0 aliphatic carbocycles. The van der Waals surface area contributed by atoms with Crippen molar-refractivity contribution in [3.8, 4) is 61.3 Å². The van der Waals surface area contributed by atoms with Crippen LogP contribution in [0.3, 0.4) is 0 Å². The van der Waals surface area contributed by atoms with Gasteiger partial charge in [0.05, 0.1) is 16.7 Å². The molecule has 0 aliphatic heterocycles. The Balaban J connectivity index is 0.829. The number of para-hydroxylation sites is 5. The molecule has 0 amide bonds. The molecule has 69 heavy (non-hydrogen) atoms. The van der Waals surface area contributed by atoms with Gasteiger partial charge >= 0.3 is 0 Å². The van der Waals surface area contributed by atoms with E-state index < -0.39 is 0 Å². The highest BCUT2D eigenvalue weighted by Crippen LogP contribution is 2.41. The maximum Gasteiger partial charge on any atom is 0.143 e. The quantitative estimate of drug-likeness (QED) is 0.144. The Bertz CT molecular complexity index is 3920. The van der Waals surface area contributed by atoms with Crippen molar-refractivity contribution < 1.29 is 4.42 Å². The van der Waals surface area contributed by atoms with Gasteiger partial charge in [0.25, 0.3) is 0 Å². The lowest BCUT2D eigenvalue weighted by Gasteiger charge is -2.26. The number of hydrogen-bond donors (Lipinski definition) is 0. The Morgan fingerprint density at radius 2 is 0.696 bits per heavy atom. The Morgan fingerprint density at radius 1 is 0.275 bits per heavy atom. The molecule has 0 fully saturated rings. The molecule has 13 aromatic rings. The van der Waals surface area contributed by atoms with Gasteiger partial charge in [-0.05, 0) is 111 Å². The topological polar surface area (TPSA) is 21.3 Å². The van der Waals surface area contributed by atoms with E-state index >= 15 is 0 Å². The van der Waals surface area contributed by atoms with Gasteiger partial charge in [-0.1, -0.05) is 200 Å². The number of furan rings is 1. The average molecular weight is 881 g/mol. The third-order valence-electron chi connectivity index (χ3n) is 13.6. The number of nitrogens with zero attached hydrogens (tertiary/aromatic N) is 2. The second kappa shape index (κ2) is 16.9. The van der Waals surface area contributed by atoms with Gasteiger partial charge in [0.1, 0.15) is 11.2 Å². The van der Waals surface area contributed by atoms with Crippen LogP contribution in [-0.2, 0) is 0 Å². The molecule has 0 bridgehead atoms. The van der Waals surface area contributed by atoms with E-state index in [1.165, 1.54) is 49.6 Å². The monoisotopic (exact) mass is 880 g/mol. The maximum atomic E-state index is 6.37. The smallest absolute Gasteiger partial charge is 0.143 e. The number of fused-ring (bicyclic) bond motifs is 6. The maximum absolute atomic E-state index is 6.37. The standard InChI is InChI=1S/C66H44N2O/c1-2-14-45(15-3-1)47-32-38-53(39-33-47)67(54-40-34-48(35-41-54)46-28-30-50(31-29-46)57-22-13-23-61-60-21-7-11-27-65(60)69-66(57)61)55-42-36-49(37-43-55)51-16-12-17-52(44-51)56-18-4-8-24-62(56)68-63-25-9-5-19-58(63)59-20-6-10-26-64(59)68/h1-44H. The first kappa shape index (κ1) is 40.1. The zero-order chi connectivity index (χ0) is 45.7. The molecule has 3 nitrogen and oxygen atoms in total. The molecule has 0 radical (unpaired) electrons. The molecule has 0 aliphatic rings. The lowest BCUT2D eigenvalue weighted by atomic mass is 9.97. The molecule has 324 valence electrons. The SMILES string of the molecule is c1ccc(-c2ccc(N(c3ccc(-c4ccc(-c5cccc6c5oc5ccccc56)cc4)cc3)c3ccc(-c4cccc(-c5ccccc5-n5c6ccccc6c6ccccc65)c4)cc3)cc2)cc1. The van der Waals surface area contributed by atoms with E-state index in [0.29, 0.717) is 0 Å². The highest BCUT2D eigenvalue weighted by molar-refractivity contribution is 6.10. The summed E-state index contributed by atoms with van der Waals surface area (Å²) in [6.45, 7) is 0. The van der Waals surface area contributed by atoms with Crippen LogP contribution in [0.4, 0.5) is 17.1 Å². The fourth-order valence-electron chi connectivity index (χ4n) is 10.3. The van der Waals surface area contributed by atoms with Crippen LogP contribution < -0.4 is 4.90 Å². The molecule has 0 saturated carbocycles. The van der Waals surface area contributed by atoms with E-state index in [1.807, 2.05) is 12.1 Å². The molecular weight excluding hydrogens is 837 g/mol. The van der Waals surface area contributed by atoms with E-state index in [2.05, 4.69) is 264 Å². The van der Waals surface area contributed by atoms with Crippen LogP contribution >= 0.6 is 0 Å². The number of rotatable bonds is 9. The lowest BCUT2D eigenvalue weighted by Crippen LogP contribution is -2.09. The third-order valence-corrected chi connectivity index (χ3v) is 13.6. The normalized spacial score (nSPS) is 11.5. The van der Waals surface area contributed by atoms with Crippen molar-refractivity contribution in [2.45, 2.75) is 0 Å². The molecular formula is C66H44N2O. The summed E-state index contributed by atoms with van der Waals surface area (Å²) in [6.07, 6.45) is 0. The number of anilines is 3. The van der Waals surface area contributed by atoms with Gasteiger partial charge < -0.3 is 13.9 Å². The molecule has 0 saturated heterocycles. The van der Waals surface area contributed by atoms with E-state index in [9.17, 15) is 0 Å². The van der Waals surface area contributed by atoms with Gasteiger partial charge in [0, 0.05) is 49.7 Å². The Morgan fingerprint density at radius 3 is 1.33 bits per heavy atom. The second-order valence-corrected chi connectivity index (χ2v) is 17.7. The largest absolute Gasteiger partial charge is 0.455 e. The van der Waals surface area contributed by atoms with Crippen LogP contribution in [0.1, 0.15) is 0 Å². The van der Waals surface area contributed by atoms with Gasteiger partial charge in [-0.3, -0.25) is 0 Å². The van der Waals surface area contributed by atoms with Crippen molar-refractivity contribution in [1.29, 1.82) is 0 Å². The molecule has 0 unspecified atom stereocenters. The first-order valence-electron chi connectivity index (χ1n) is 23.6. The Hall–Kier alpha value is -9.18. The first-order valence-corrected chi connectivity index (χ1v) is 23.6. The first-order chi connectivity index (χ1) is 34.2. The van der Waals surface area contributed by atoms with Crippen LogP contribution in [0.25, 0.3) is 105 Å². The molecule has 0 spiro atoms. The highest BCUT2D eigenvalue weighted by Gasteiger charge is 2.18. The van der Waals surface area contributed by atoms with Crippen LogP contribution in [0, 0.1) is 0 Å². The highest BCUT2D eigenvalue weighted by atomic mass is 16.3. The molecule has 2 heterocycles. The summed E-state index contributed by atoms with van der Waals surface area (Å²) in [4.78, 5) is 2.35. The van der Waals surface area contributed by atoms with Crippen molar-refractivity contribution in [3.05, 3.63) is 267 Å². The third kappa shape index (κ3) is 7.16. The predicted molar refractivity (Wildman–Crippen MR) is 290 cm³/mol. The van der Waals surface area contributed by atoms with Crippen LogP contribution in [0.5, 0.6) is 0 Å². The summed E-state index contributed by atoms with van der Waals surface area (Å²) in [5, 5.41) is 4.80. The summed E-state index contributed by atoms with van der Waals surface area (Å²) >= 11 is 0. The zero-order valence-electron chi connectivity index (χ0n) is 37.7. The van der Waals surface area contributed by atoms with Crippen LogP contribution in [0.15, 0.2) is 271 Å². The molecule has 2 aromatic heterocycles. The van der Waals surface area contributed by atoms with Crippen molar-refractivity contribution in [2.24, 2.45) is 0 Å². The summed E-state index contributed by atoms with van der Waals surface area (Å²) in [5.74, 6) is 0. The van der Waals surface area contributed by atoms with Gasteiger partial charge in [0.2, 0.25) is 0 Å². The molecule has 13 rings (SSSR count). The predicted octanol–water partition coefficient (Wildman–Crippen LogP) is 18.5. The summed E-state index contributed by atoms with van der Waals surface area (Å²) < 4.78 is 8.79. The second-order valence-electron chi connectivity index (χ2n) is 17.7. The van der Waals surface area contributed by atoms with Crippen molar-refractivity contribution in [3.63, 3.8) is 0 Å². The average Bonchev–Trinajstić information content (AvgIpc) is 3.98. The van der Waals surface area contributed by atoms with Crippen molar-refractivity contribution in [2.75, 3.05) is 4.90 Å². The van der Waals surface area contributed by atoms with Crippen molar-refractivity contribution >= 4 is 60.8 Å². The number of benzene rings is 11. The van der Waals surface area contributed by atoms with E-state index in [4.69, 9.17) is 4.42 Å². The van der Waals surface area contributed by atoms with E-state index in [-0.39, 0.29) is 0 Å².